The molecule has 0 saturated heterocycles. The Morgan fingerprint density at radius 3 is 2.34 bits per heavy atom. The van der Waals surface area contributed by atoms with Crippen LogP contribution in [0.2, 0.25) is 0 Å². The van der Waals surface area contributed by atoms with Gasteiger partial charge in [0.25, 0.3) is 0 Å². The highest BCUT2D eigenvalue weighted by Gasteiger charge is 2.27. The van der Waals surface area contributed by atoms with Crippen molar-refractivity contribution in [1.29, 1.82) is 0 Å². The molecule has 3 aromatic rings. The molecule has 0 bridgehead atoms. The number of ether oxygens (including phenoxy) is 2. The largest absolute Gasteiger partial charge is 0.468 e. The van der Waals surface area contributed by atoms with Crippen molar-refractivity contribution in [2.45, 2.75) is 20.0 Å². The van der Waals surface area contributed by atoms with Crippen molar-refractivity contribution in [3.63, 3.8) is 0 Å². The number of methoxy groups -OCH3 is 2. The van der Waals surface area contributed by atoms with Crippen molar-refractivity contribution in [2.75, 3.05) is 26.1 Å². The molecule has 168 valence electrons. The van der Waals surface area contributed by atoms with Crippen molar-refractivity contribution in [2.24, 2.45) is 0 Å². The van der Waals surface area contributed by atoms with Crippen LogP contribution in [0.3, 0.4) is 0 Å². The lowest BCUT2D eigenvalue weighted by Crippen LogP contribution is -2.32. The molecule has 0 spiro atoms. The van der Waals surface area contributed by atoms with E-state index in [0.29, 0.717) is 18.7 Å². The van der Waals surface area contributed by atoms with Gasteiger partial charge in [-0.15, -0.1) is 11.3 Å². The smallest absolute Gasteiger partial charge is 0.348 e. The second-order valence-electron chi connectivity index (χ2n) is 7.00. The van der Waals surface area contributed by atoms with E-state index in [9.17, 15) is 14.4 Å². The summed E-state index contributed by atoms with van der Waals surface area (Å²) < 4.78 is 15.1. The molecule has 3 rings (SSSR count). The van der Waals surface area contributed by atoms with Gasteiger partial charge in [-0.1, -0.05) is 30.3 Å². The van der Waals surface area contributed by atoms with Crippen LogP contribution < -0.4 is 5.32 Å². The molecule has 2 heterocycles. The van der Waals surface area contributed by atoms with Crippen molar-refractivity contribution in [1.82, 2.24) is 4.90 Å². The van der Waals surface area contributed by atoms with E-state index in [0.717, 1.165) is 22.7 Å². The molecule has 0 aliphatic rings. The number of amides is 1. The Bertz CT molecular complexity index is 1080. The minimum Gasteiger partial charge on any atom is -0.468 e. The lowest BCUT2D eigenvalue weighted by atomic mass is 10.1. The van der Waals surface area contributed by atoms with Gasteiger partial charge in [0.2, 0.25) is 5.91 Å². The zero-order chi connectivity index (χ0) is 23.1. The number of carbonyl (C=O) groups is 3. The summed E-state index contributed by atoms with van der Waals surface area (Å²) in [5.74, 6) is -0.832. The van der Waals surface area contributed by atoms with Gasteiger partial charge in [0, 0.05) is 6.54 Å². The zero-order valence-corrected chi connectivity index (χ0v) is 18.9. The molecule has 1 amide bonds. The number of hydrogen-bond donors (Lipinski definition) is 1. The first-order valence-corrected chi connectivity index (χ1v) is 10.6. The van der Waals surface area contributed by atoms with Crippen molar-refractivity contribution in [3.05, 3.63) is 76.1 Å². The topological polar surface area (TPSA) is 98.1 Å². The summed E-state index contributed by atoms with van der Waals surface area (Å²) >= 11 is 0.983. The maximum absolute atomic E-state index is 12.9. The van der Waals surface area contributed by atoms with Gasteiger partial charge >= 0.3 is 11.9 Å². The van der Waals surface area contributed by atoms with Gasteiger partial charge in [-0.05, 0) is 30.2 Å². The van der Waals surface area contributed by atoms with Crippen molar-refractivity contribution in [3.8, 4) is 0 Å². The quantitative estimate of drug-likeness (QED) is 0.488. The Labute approximate surface area is 189 Å². The average molecular weight is 457 g/mol. The number of nitrogens with one attached hydrogen (secondary N) is 1. The molecule has 0 saturated carbocycles. The molecule has 8 nitrogen and oxygen atoms in total. The summed E-state index contributed by atoms with van der Waals surface area (Å²) in [6.45, 7) is 2.61. The fourth-order valence-electron chi connectivity index (χ4n) is 3.24. The van der Waals surface area contributed by atoms with Crippen molar-refractivity contribution < 1.29 is 28.3 Å². The van der Waals surface area contributed by atoms with Crippen LogP contribution in [0.25, 0.3) is 0 Å². The minimum absolute atomic E-state index is 0.0424. The molecular weight excluding hydrogens is 432 g/mol. The molecule has 0 aliphatic carbocycles. The normalized spacial score (nSPS) is 10.8. The zero-order valence-electron chi connectivity index (χ0n) is 18.0. The van der Waals surface area contributed by atoms with Gasteiger partial charge in [-0.25, -0.2) is 9.59 Å². The standard InChI is InChI=1S/C23H24N2O6S/c1-15-19(22(27)29-2)21(32-20(15)23(28)30-3)24-18(26)14-25(13-17-10-7-11-31-17)12-16-8-5-4-6-9-16/h4-11H,12-14H2,1-3H3,(H,24,26). The van der Waals surface area contributed by atoms with Gasteiger partial charge in [0.1, 0.15) is 15.6 Å². The highest BCUT2D eigenvalue weighted by atomic mass is 32.1. The number of nitrogens with zero attached hydrogens (tertiary/aromatic N) is 1. The predicted molar refractivity (Wildman–Crippen MR) is 120 cm³/mol. The predicted octanol–water partition coefficient (Wildman–Crippen LogP) is 3.86. The summed E-state index contributed by atoms with van der Waals surface area (Å²) in [7, 11) is 2.50. The molecule has 0 unspecified atom stereocenters. The Kier molecular flexibility index (Phi) is 7.80. The van der Waals surface area contributed by atoms with E-state index >= 15 is 0 Å². The third kappa shape index (κ3) is 5.63. The maximum atomic E-state index is 12.9. The molecule has 9 heteroatoms. The van der Waals surface area contributed by atoms with Crippen LogP contribution in [0, 0.1) is 6.92 Å². The second-order valence-corrected chi connectivity index (χ2v) is 8.02. The third-order valence-corrected chi connectivity index (χ3v) is 5.92. The summed E-state index contributed by atoms with van der Waals surface area (Å²) in [5, 5.41) is 3.01. The lowest BCUT2D eigenvalue weighted by Gasteiger charge is -2.21. The first-order chi connectivity index (χ1) is 15.4. The Morgan fingerprint density at radius 1 is 1.00 bits per heavy atom. The number of rotatable bonds is 9. The van der Waals surface area contributed by atoms with Crippen LogP contribution in [0.1, 0.15) is 36.9 Å². The third-order valence-electron chi connectivity index (χ3n) is 4.74. The van der Waals surface area contributed by atoms with E-state index in [4.69, 9.17) is 13.9 Å². The molecule has 2 aromatic heterocycles. The van der Waals surface area contributed by atoms with Crippen LogP contribution in [-0.4, -0.2) is 43.5 Å². The van der Waals surface area contributed by atoms with Gasteiger partial charge in [0.05, 0.1) is 39.1 Å². The van der Waals surface area contributed by atoms with E-state index in [1.807, 2.05) is 41.3 Å². The van der Waals surface area contributed by atoms with Crippen molar-refractivity contribution >= 4 is 34.2 Å². The van der Waals surface area contributed by atoms with Gasteiger partial charge < -0.3 is 19.2 Å². The summed E-state index contributed by atoms with van der Waals surface area (Å²) in [4.78, 5) is 39.4. The number of furan rings is 1. The summed E-state index contributed by atoms with van der Waals surface area (Å²) in [5.41, 5.74) is 1.59. The second kappa shape index (κ2) is 10.7. The molecule has 0 aliphatic heterocycles. The summed E-state index contributed by atoms with van der Waals surface area (Å²) in [6.07, 6.45) is 1.58. The van der Waals surface area contributed by atoms with E-state index in [1.165, 1.54) is 14.2 Å². The van der Waals surface area contributed by atoms with E-state index in [1.54, 1.807) is 19.3 Å². The van der Waals surface area contributed by atoms with Crippen LogP contribution in [-0.2, 0) is 27.4 Å². The van der Waals surface area contributed by atoms with Gasteiger partial charge in [-0.3, -0.25) is 9.69 Å². The maximum Gasteiger partial charge on any atom is 0.348 e. The SMILES string of the molecule is COC(=O)c1sc(NC(=O)CN(Cc2ccccc2)Cc2ccco2)c(C(=O)OC)c1C. The van der Waals surface area contributed by atoms with E-state index in [2.05, 4.69) is 5.32 Å². The lowest BCUT2D eigenvalue weighted by molar-refractivity contribution is -0.117. The molecule has 32 heavy (non-hydrogen) atoms. The van der Waals surface area contributed by atoms with Gasteiger partial charge in [-0.2, -0.15) is 0 Å². The number of carbonyl (C=O) groups excluding carboxylic acids is 3. The highest BCUT2D eigenvalue weighted by Crippen LogP contribution is 2.34. The van der Waals surface area contributed by atoms with Crippen LogP contribution in [0.4, 0.5) is 5.00 Å². The van der Waals surface area contributed by atoms with E-state index < -0.39 is 11.9 Å². The molecule has 1 aromatic carbocycles. The minimum atomic E-state index is -0.638. The van der Waals surface area contributed by atoms with E-state index in [-0.39, 0.29) is 27.9 Å². The monoisotopic (exact) mass is 456 g/mol. The molecular formula is C23H24N2O6S. The Balaban J connectivity index is 1.80. The number of thiophene rings is 1. The number of hydrogen-bond acceptors (Lipinski definition) is 8. The average Bonchev–Trinajstić information content (AvgIpc) is 3.41. The number of benzene rings is 1. The Hall–Kier alpha value is -3.43. The number of anilines is 1. The summed E-state index contributed by atoms with van der Waals surface area (Å²) in [6, 6.07) is 13.4. The number of esters is 2. The highest BCUT2D eigenvalue weighted by molar-refractivity contribution is 7.18. The van der Waals surface area contributed by atoms with Crippen LogP contribution >= 0.6 is 11.3 Å². The fraction of sp³-hybridized carbons (Fsp3) is 0.261. The molecule has 0 fully saturated rings. The first-order valence-electron chi connectivity index (χ1n) is 9.81. The van der Waals surface area contributed by atoms with Crippen LogP contribution in [0.5, 0.6) is 0 Å². The molecule has 1 N–H and O–H groups in total. The molecule has 0 radical (unpaired) electrons. The Morgan fingerprint density at radius 2 is 1.72 bits per heavy atom. The molecule has 0 atom stereocenters. The van der Waals surface area contributed by atoms with Gasteiger partial charge in [0.15, 0.2) is 0 Å². The van der Waals surface area contributed by atoms with Crippen LogP contribution in [0.15, 0.2) is 53.1 Å². The fourth-order valence-corrected chi connectivity index (χ4v) is 4.37. The first kappa shape index (κ1) is 23.2.